The number of allylic oxidation sites excluding steroid dienone is 4. The van der Waals surface area contributed by atoms with Gasteiger partial charge in [0, 0.05) is 6.54 Å². The summed E-state index contributed by atoms with van der Waals surface area (Å²) in [6.45, 7) is 5.18. The van der Waals surface area contributed by atoms with Crippen LogP contribution >= 0.6 is 7.94 Å². The van der Waals surface area contributed by atoms with Gasteiger partial charge in [-0.15, -0.1) is 5.16 Å². The Balaban J connectivity index is 4.04. The summed E-state index contributed by atoms with van der Waals surface area (Å²) < 4.78 is 0. The van der Waals surface area contributed by atoms with Crippen molar-refractivity contribution >= 4 is 7.94 Å². The number of hydrogen-bond donors (Lipinski definition) is 3. The fourth-order valence-electron chi connectivity index (χ4n) is 6.53. The Labute approximate surface area is 283 Å². The van der Waals surface area contributed by atoms with Gasteiger partial charge in [-0.2, -0.15) is 0 Å². The number of aliphatic hydroxyl groups excluding tert-OH is 1. The van der Waals surface area contributed by atoms with Crippen LogP contribution in [0.15, 0.2) is 24.3 Å². The first kappa shape index (κ1) is 44.5. The van der Waals surface area contributed by atoms with Crippen LogP contribution in [-0.2, 0) is 0 Å². The van der Waals surface area contributed by atoms with Gasteiger partial charge in [0.25, 0.3) is 0 Å². The molecule has 5 heteroatoms. The van der Waals surface area contributed by atoms with E-state index in [4.69, 9.17) is 5.16 Å². The van der Waals surface area contributed by atoms with Crippen molar-refractivity contribution in [2.75, 3.05) is 19.3 Å². The van der Waals surface area contributed by atoms with E-state index >= 15 is 0 Å². The van der Waals surface area contributed by atoms with Gasteiger partial charge in [0.15, 0.2) is 7.94 Å². The molecule has 4 nitrogen and oxygen atoms in total. The van der Waals surface area contributed by atoms with Gasteiger partial charge in [0.2, 0.25) is 0 Å². The fraction of sp³-hybridized carbons (Fsp3) is 0.900. The Morgan fingerprint density at radius 3 is 1.16 bits per heavy atom. The number of β-amino-alcohol motifs (C(OH)–C–C–N with tert-alkyl or cyclic N) is 1. The van der Waals surface area contributed by atoms with Gasteiger partial charge >= 0.3 is 0 Å². The summed E-state index contributed by atoms with van der Waals surface area (Å²) in [6, 6.07) is 0. The largest absolute Gasteiger partial charge is 0.612 e. The average molecular weight is 651 g/mol. The molecule has 0 aliphatic heterocycles. The van der Waals surface area contributed by atoms with Gasteiger partial charge in [0.1, 0.15) is 6.16 Å². The smallest absolute Gasteiger partial charge is 0.161 e. The predicted octanol–water partition coefficient (Wildman–Crippen LogP) is 12.7. The van der Waals surface area contributed by atoms with Crippen LogP contribution in [0.4, 0.5) is 0 Å². The molecule has 0 aromatic rings. The molecule has 0 aromatic carbocycles. The lowest BCUT2D eigenvalue weighted by Gasteiger charge is -2.33. The van der Waals surface area contributed by atoms with Gasteiger partial charge < -0.3 is 15.3 Å². The zero-order chi connectivity index (χ0) is 32.9. The predicted molar refractivity (Wildman–Crippen MR) is 200 cm³/mol. The maximum Gasteiger partial charge on any atom is 0.161 e. The maximum atomic E-state index is 12.1. The highest BCUT2D eigenvalue weighted by molar-refractivity contribution is 7.37. The second-order valence-electron chi connectivity index (χ2n) is 13.8. The SMILES string of the molecule is CCCCCCCC/C=C\CCCCCCCCC(CCCCCCCC/C=C\CCCCCCCC)(C[P+](=N)[O-])NCCO. The highest BCUT2D eigenvalue weighted by atomic mass is 31.1. The average Bonchev–Trinajstić information content (AvgIpc) is 3.03. The lowest BCUT2D eigenvalue weighted by molar-refractivity contribution is -0.157. The Morgan fingerprint density at radius 2 is 0.844 bits per heavy atom. The third-order valence-electron chi connectivity index (χ3n) is 9.39. The van der Waals surface area contributed by atoms with Gasteiger partial charge in [-0.3, -0.25) is 0 Å². The molecule has 0 aromatic heterocycles. The summed E-state index contributed by atoms with van der Waals surface area (Å²) in [5.41, 5.74) is -0.250. The molecule has 1 unspecified atom stereocenters. The van der Waals surface area contributed by atoms with Gasteiger partial charge in [-0.05, 0) is 64.2 Å². The van der Waals surface area contributed by atoms with Crippen LogP contribution in [0, 0.1) is 5.16 Å². The summed E-state index contributed by atoms with van der Waals surface area (Å²) in [6.07, 6.45) is 48.4. The molecule has 0 amide bonds. The summed E-state index contributed by atoms with van der Waals surface area (Å²) in [7, 11) is -1.95. The zero-order valence-corrected chi connectivity index (χ0v) is 31.3. The molecule has 0 bridgehead atoms. The third-order valence-corrected chi connectivity index (χ3v) is 10.3. The van der Waals surface area contributed by atoms with Crippen molar-refractivity contribution in [2.24, 2.45) is 0 Å². The minimum atomic E-state index is -1.95. The first-order valence-corrected chi connectivity index (χ1v) is 21.4. The van der Waals surface area contributed by atoms with Crippen molar-refractivity contribution < 1.29 is 10.00 Å². The minimum Gasteiger partial charge on any atom is -0.612 e. The second-order valence-corrected chi connectivity index (χ2v) is 14.9. The number of nitrogens with one attached hydrogen (secondary N) is 2. The second kappa shape index (κ2) is 36.3. The van der Waals surface area contributed by atoms with Crippen LogP contribution in [0.1, 0.15) is 206 Å². The Morgan fingerprint density at radius 1 is 0.533 bits per heavy atom. The van der Waals surface area contributed by atoms with E-state index in [9.17, 15) is 10.00 Å². The fourth-order valence-corrected chi connectivity index (χ4v) is 7.51. The monoisotopic (exact) mass is 651 g/mol. The summed E-state index contributed by atoms with van der Waals surface area (Å²) in [5, 5.41) is 20.9. The van der Waals surface area contributed by atoms with Crippen LogP contribution in [0.2, 0.25) is 0 Å². The highest BCUT2D eigenvalue weighted by Crippen LogP contribution is 2.30. The Bertz CT molecular complexity index is 625. The first-order chi connectivity index (χ1) is 22.1. The Hall–Kier alpha value is -0.540. The highest BCUT2D eigenvalue weighted by Gasteiger charge is 2.32. The van der Waals surface area contributed by atoms with Crippen LogP contribution in [0.5, 0.6) is 0 Å². The Kier molecular flexibility index (Phi) is 35.9. The van der Waals surface area contributed by atoms with Crippen molar-refractivity contribution in [2.45, 2.75) is 212 Å². The summed E-state index contributed by atoms with van der Waals surface area (Å²) in [5.74, 6) is 0. The third kappa shape index (κ3) is 33.2. The number of aliphatic hydroxyl groups is 1. The lowest BCUT2D eigenvalue weighted by atomic mass is 9.87. The normalized spacial score (nSPS) is 12.7. The number of hydrogen-bond acceptors (Lipinski definition) is 4. The molecule has 266 valence electrons. The molecular weight excluding hydrogens is 571 g/mol. The van der Waals surface area contributed by atoms with E-state index < -0.39 is 7.94 Å². The van der Waals surface area contributed by atoms with Crippen molar-refractivity contribution in [1.82, 2.24) is 5.32 Å². The van der Waals surface area contributed by atoms with Crippen LogP contribution in [0.3, 0.4) is 0 Å². The molecular formula is C40H79N2O2P. The minimum absolute atomic E-state index is 0.0946. The van der Waals surface area contributed by atoms with Crippen molar-refractivity contribution in [3.63, 3.8) is 0 Å². The van der Waals surface area contributed by atoms with Crippen molar-refractivity contribution in [1.29, 1.82) is 5.16 Å². The summed E-state index contributed by atoms with van der Waals surface area (Å²) >= 11 is 0. The van der Waals surface area contributed by atoms with Crippen LogP contribution < -0.4 is 10.2 Å². The van der Waals surface area contributed by atoms with Gasteiger partial charge in [0.05, 0.1) is 12.1 Å². The first-order valence-electron chi connectivity index (χ1n) is 19.9. The van der Waals surface area contributed by atoms with E-state index in [-0.39, 0.29) is 12.1 Å². The van der Waals surface area contributed by atoms with E-state index in [2.05, 4.69) is 43.5 Å². The molecule has 45 heavy (non-hydrogen) atoms. The van der Waals surface area contributed by atoms with E-state index in [0.29, 0.717) is 12.7 Å². The number of rotatable bonds is 37. The molecule has 0 heterocycles. The molecule has 0 aliphatic carbocycles. The van der Waals surface area contributed by atoms with E-state index in [1.165, 1.54) is 167 Å². The van der Waals surface area contributed by atoms with Crippen molar-refractivity contribution in [3.8, 4) is 0 Å². The van der Waals surface area contributed by atoms with E-state index in [1.54, 1.807) is 0 Å². The van der Waals surface area contributed by atoms with E-state index in [0.717, 1.165) is 25.7 Å². The molecule has 0 spiro atoms. The van der Waals surface area contributed by atoms with Gasteiger partial charge in [-0.1, -0.05) is 167 Å². The number of unbranched alkanes of at least 4 members (excludes halogenated alkanes) is 24. The molecule has 0 saturated heterocycles. The lowest BCUT2D eigenvalue weighted by Crippen LogP contribution is -2.49. The standard InChI is InChI=1S/C40H79N2O2P/c1-3-5-7-9-11-13-15-17-19-21-23-25-27-29-31-33-35-40(39-45(41)44,42-37-38-43)36-34-32-30-28-26-24-22-20-18-16-14-12-10-8-6-4-2/h17-20,41-43H,3-16,21-39H2,1-2H3/b19-17-,20-18-. The quantitative estimate of drug-likeness (QED) is 0.0355. The molecule has 0 radical (unpaired) electrons. The molecule has 0 aliphatic rings. The summed E-state index contributed by atoms with van der Waals surface area (Å²) in [4.78, 5) is 12.1. The van der Waals surface area contributed by atoms with Crippen LogP contribution in [0.25, 0.3) is 0 Å². The topological polar surface area (TPSA) is 79.2 Å². The molecule has 0 saturated carbocycles. The van der Waals surface area contributed by atoms with Gasteiger partial charge in [-0.25, -0.2) is 0 Å². The van der Waals surface area contributed by atoms with Crippen LogP contribution in [-0.4, -0.2) is 30.0 Å². The molecule has 0 rings (SSSR count). The van der Waals surface area contributed by atoms with E-state index in [1.807, 2.05) is 0 Å². The molecule has 3 N–H and O–H groups in total. The molecule has 0 fully saturated rings. The molecule has 1 atom stereocenters. The maximum absolute atomic E-state index is 12.1. The zero-order valence-electron chi connectivity index (χ0n) is 30.4. The van der Waals surface area contributed by atoms with Crippen molar-refractivity contribution in [3.05, 3.63) is 24.3 Å².